The molecule has 0 aromatic heterocycles. The third kappa shape index (κ3) is 5.51. The Morgan fingerprint density at radius 2 is 1.26 bits per heavy atom. The minimum absolute atomic E-state index is 0.255. The van der Waals surface area contributed by atoms with E-state index in [1.54, 1.807) is 21.3 Å². The Bertz CT molecular complexity index is 197. The molecule has 4 nitrogen and oxygen atoms in total. The number of hydrogen-bond donors (Lipinski definition) is 0. The number of hydrogen-bond acceptors (Lipinski definition) is 4. The number of unbranched alkanes of at least 4 members (excludes halogenated alkanes) is 2. The van der Waals surface area contributed by atoms with Crippen LogP contribution in [0, 0.1) is 0 Å². The minimum atomic E-state index is -2.58. The van der Waals surface area contributed by atoms with Crippen molar-refractivity contribution in [1.29, 1.82) is 0 Å². The van der Waals surface area contributed by atoms with Crippen molar-refractivity contribution in [2.75, 3.05) is 34.4 Å². The predicted octanol–water partition coefficient (Wildman–Crippen LogP) is 3.08. The van der Waals surface area contributed by atoms with Gasteiger partial charge in [0.25, 0.3) is 0 Å². The van der Waals surface area contributed by atoms with Gasteiger partial charge in [-0.15, -0.1) is 0 Å². The molecule has 0 saturated heterocycles. The lowest BCUT2D eigenvalue weighted by molar-refractivity contribution is 0.0710. The summed E-state index contributed by atoms with van der Waals surface area (Å²) in [7, 11) is 2.54. The highest BCUT2D eigenvalue weighted by molar-refractivity contribution is 6.62. The van der Waals surface area contributed by atoms with E-state index < -0.39 is 8.80 Å². The maximum atomic E-state index is 5.68. The first-order valence-electron chi connectivity index (χ1n) is 7.55. The van der Waals surface area contributed by atoms with Gasteiger partial charge in [-0.25, -0.2) is 0 Å². The third-order valence-corrected chi connectivity index (χ3v) is 6.98. The van der Waals surface area contributed by atoms with Crippen molar-refractivity contribution in [3.8, 4) is 0 Å². The molecule has 0 aliphatic heterocycles. The molecule has 0 fully saturated rings. The molecule has 0 aliphatic rings. The molecule has 0 radical (unpaired) electrons. The molecule has 0 rings (SSSR count). The summed E-state index contributed by atoms with van der Waals surface area (Å²) >= 11 is 0. The summed E-state index contributed by atoms with van der Waals surface area (Å²) in [4.78, 5) is 2.51. The van der Waals surface area contributed by atoms with Crippen molar-refractivity contribution in [3.05, 3.63) is 0 Å². The molecule has 1 atom stereocenters. The zero-order valence-electron chi connectivity index (χ0n) is 13.7. The molecule has 0 N–H and O–H groups in total. The summed E-state index contributed by atoms with van der Waals surface area (Å²) in [6.45, 7) is 8.84. The van der Waals surface area contributed by atoms with Gasteiger partial charge in [-0.05, 0) is 32.4 Å². The van der Waals surface area contributed by atoms with E-state index in [9.17, 15) is 0 Å². The van der Waals surface area contributed by atoms with Crippen LogP contribution in [0.25, 0.3) is 0 Å². The van der Waals surface area contributed by atoms with Crippen molar-refractivity contribution in [2.45, 2.75) is 58.5 Å². The van der Waals surface area contributed by atoms with Crippen molar-refractivity contribution in [2.24, 2.45) is 0 Å². The molecule has 0 aromatic rings. The van der Waals surface area contributed by atoms with E-state index in [4.69, 9.17) is 13.3 Å². The quantitative estimate of drug-likeness (QED) is 0.517. The van der Waals surface area contributed by atoms with Crippen molar-refractivity contribution in [1.82, 2.24) is 4.90 Å². The maximum Gasteiger partial charge on any atom is 0.518 e. The summed E-state index contributed by atoms with van der Waals surface area (Å²) in [5, 5.41) is 0. The fourth-order valence-electron chi connectivity index (χ4n) is 2.54. The van der Waals surface area contributed by atoms with E-state index in [1.165, 1.54) is 25.7 Å². The van der Waals surface area contributed by atoms with Crippen LogP contribution in [0.1, 0.15) is 52.9 Å². The normalized spacial score (nSPS) is 14.1. The Balaban J connectivity index is 4.95. The second-order valence-corrected chi connectivity index (χ2v) is 7.98. The van der Waals surface area contributed by atoms with Crippen LogP contribution in [-0.2, 0) is 13.3 Å². The van der Waals surface area contributed by atoms with E-state index in [-0.39, 0.29) is 5.67 Å². The Labute approximate surface area is 120 Å². The molecule has 0 heterocycles. The predicted molar refractivity (Wildman–Crippen MR) is 82.2 cm³/mol. The third-order valence-electron chi connectivity index (χ3n) is 3.69. The van der Waals surface area contributed by atoms with Gasteiger partial charge < -0.3 is 13.3 Å². The summed E-state index contributed by atoms with van der Waals surface area (Å²) in [5.74, 6) is 0. The molecule has 0 spiro atoms. The molecule has 0 saturated carbocycles. The van der Waals surface area contributed by atoms with Crippen LogP contribution in [-0.4, -0.2) is 53.8 Å². The van der Waals surface area contributed by atoms with Gasteiger partial charge in [0, 0.05) is 21.3 Å². The molecule has 1 unspecified atom stereocenters. The van der Waals surface area contributed by atoms with Gasteiger partial charge in [0.05, 0.1) is 5.67 Å². The molecule has 0 aliphatic carbocycles. The topological polar surface area (TPSA) is 30.9 Å². The Morgan fingerprint density at radius 1 is 0.842 bits per heavy atom. The van der Waals surface area contributed by atoms with Gasteiger partial charge >= 0.3 is 8.80 Å². The van der Waals surface area contributed by atoms with E-state index in [0.717, 1.165) is 19.5 Å². The van der Waals surface area contributed by atoms with Gasteiger partial charge in [0.2, 0.25) is 0 Å². The van der Waals surface area contributed by atoms with Crippen LogP contribution in [0.5, 0.6) is 0 Å². The van der Waals surface area contributed by atoms with Crippen LogP contribution < -0.4 is 0 Å². The van der Waals surface area contributed by atoms with E-state index in [0.29, 0.717) is 0 Å². The molecular weight excluding hydrogens is 258 g/mol. The monoisotopic (exact) mass is 291 g/mol. The van der Waals surface area contributed by atoms with E-state index >= 15 is 0 Å². The molecular formula is C14H33NO3Si. The van der Waals surface area contributed by atoms with Crippen LogP contribution in [0.3, 0.4) is 0 Å². The van der Waals surface area contributed by atoms with Crippen molar-refractivity contribution in [3.63, 3.8) is 0 Å². The van der Waals surface area contributed by atoms with Gasteiger partial charge in [0.15, 0.2) is 0 Å². The molecule has 0 bridgehead atoms. The van der Waals surface area contributed by atoms with Crippen molar-refractivity contribution >= 4 is 8.80 Å². The van der Waals surface area contributed by atoms with E-state index in [1.807, 2.05) is 0 Å². The lowest BCUT2D eigenvalue weighted by atomic mass is 10.2. The van der Waals surface area contributed by atoms with Gasteiger partial charge in [0.1, 0.15) is 0 Å². The smallest absolute Gasteiger partial charge is 0.376 e. The van der Waals surface area contributed by atoms with Gasteiger partial charge in [-0.1, -0.05) is 33.6 Å². The number of rotatable bonds is 12. The zero-order chi connectivity index (χ0) is 14.7. The Hall–Kier alpha value is 0.0569. The molecule has 19 heavy (non-hydrogen) atoms. The minimum Gasteiger partial charge on any atom is -0.376 e. The standard InChI is InChI=1S/C14H33NO3Si/c1-7-10-12-15(13-11-8-2)14(9-3)19(16-4,17-5)18-6/h14H,7-13H2,1-6H3. The molecule has 5 heteroatoms. The molecule has 116 valence electrons. The second kappa shape index (κ2) is 10.8. The first kappa shape index (κ1) is 19.1. The molecule has 0 amide bonds. The highest BCUT2D eigenvalue weighted by Gasteiger charge is 2.49. The first-order chi connectivity index (χ1) is 9.15. The summed E-state index contributed by atoms with van der Waals surface area (Å²) < 4.78 is 17.0. The summed E-state index contributed by atoms with van der Waals surface area (Å²) in [6.07, 6.45) is 5.83. The maximum absolute atomic E-state index is 5.68. The highest BCUT2D eigenvalue weighted by Crippen LogP contribution is 2.21. The largest absolute Gasteiger partial charge is 0.518 e. The van der Waals surface area contributed by atoms with Crippen LogP contribution >= 0.6 is 0 Å². The average Bonchev–Trinajstić information content (AvgIpc) is 2.46. The SMILES string of the molecule is CCCCN(CCCC)C(CC)[Si](OC)(OC)OC. The summed E-state index contributed by atoms with van der Waals surface area (Å²) in [6, 6.07) is 0. The Kier molecular flexibility index (Phi) is 10.8. The fourth-order valence-corrected chi connectivity index (χ4v) is 5.06. The van der Waals surface area contributed by atoms with Gasteiger partial charge in [-0.3, -0.25) is 4.90 Å². The van der Waals surface area contributed by atoms with E-state index in [2.05, 4.69) is 25.7 Å². The lowest BCUT2D eigenvalue weighted by Gasteiger charge is -2.39. The second-order valence-electron chi connectivity index (χ2n) is 4.88. The summed E-state index contributed by atoms with van der Waals surface area (Å²) in [5.41, 5.74) is 0.255. The average molecular weight is 292 g/mol. The molecule has 0 aromatic carbocycles. The van der Waals surface area contributed by atoms with Crippen molar-refractivity contribution < 1.29 is 13.3 Å². The van der Waals surface area contributed by atoms with Crippen LogP contribution in [0.15, 0.2) is 0 Å². The van der Waals surface area contributed by atoms with Crippen LogP contribution in [0.4, 0.5) is 0 Å². The Morgan fingerprint density at radius 3 is 1.53 bits per heavy atom. The zero-order valence-corrected chi connectivity index (χ0v) is 14.7. The lowest BCUT2D eigenvalue weighted by Crippen LogP contribution is -2.61. The number of nitrogens with zero attached hydrogens (tertiary/aromatic N) is 1. The van der Waals surface area contributed by atoms with Crippen LogP contribution in [0.2, 0.25) is 0 Å². The fraction of sp³-hybridized carbons (Fsp3) is 1.00. The first-order valence-corrected chi connectivity index (χ1v) is 9.35. The van der Waals surface area contributed by atoms with Gasteiger partial charge in [-0.2, -0.15) is 0 Å². The highest BCUT2D eigenvalue weighted by atomic mass is 28.4.